The summed E-state index contributed by atoms with van der Waals surface area (Å²) in [5.74, 6) is 0.862. The van der Waals surface area contributed by atoms with E-state index in [4.69, 9.17) is 4.42 Å². The Morgan fingerprint density at radius 2 is 2.00 bits per heavy atom. The van der Waals surface area contributed by atoms with Gasteiger partial charge in [0, 0.05) is 5.69 Å². The molecular formula is C14H12Br2N4O. The Balaban J connectivity index is 1.59. The van der Waals surface area contributed by atoms with Gasteiger partial charge in [0.2, 0.25) is 0 Å². The number of halogens is 2. The zero-order valence-electron chi connectivity index (χ0n) is 11.0. The van der Waals surface area contributed by atoms with Crippen molar-refractivity contribution in [2.24, 2.45) is 0 Å². The van der Waals surface area contributed by atoms with Crippen LogP contribution in [0, 0.1) is 0 Å². The largest absolute Gasteiger partial charge is 0.451 e. The average molecular weight is 412 g/mol. The summed E-state index contributed by atoms with van der Waals surface area (Å²) in [6.07, 6.45) is 3.24. The number of rotatable bonds is 5. The van der Waals surface area contributed by atoms with Crippen LogP contribution < -0.4 is 5.32 Å². The van der Waals surface area contributed by atoms with Gasteiger partial charge in [-0.1, -0.05) is 12.1 Å². The molecule has 3 rings (SSSR count). The first-order valence-electron chi connectivity index (χ1n) is 6.29. The Labute approximate surface area is 138 Å². The molecule has 7 heteroatoms. The minimum atomic E-state index is 0.632. The van der Waals surface area contributed by atoms with E-state index in [-0.39, 0.29) is 0 Å². The van der Waals surface area contributed by atoms with Crippen LogP contribution in [0.25, 0.3) is 0 Å². The molecule has 0 spiro atoms. The monoisotopic (exact) mass is 410 g/mol. The van der Waals surface area contributed by atoms with Crippen LogP contribution >= 0.6 is 31.9 Å². The molecule has 5 nitrogen and oxygen atoms in total. The Morgan fingerprint density at radius 1 is 1.19 bits per heavy atom. The van der Waals surface area contributed by atoms with E-state index in [0.717, 1.165) is 22.5 Å². The maximum absolute atomic E-state index is 5.52. The van der Waals surface area contributed by atoms with Crippen molar-refractivity contribution in [3.05, 3.63) is 63.5 Å². The van der Waals surface area contributed by atoms with Gasteiger partial charge in [-0.2, -0.15) is 5.10 Å². The Kier molecular flexibility index (Phi) is 4.40. The summed E-state index contributed by atoms with van der Waals surface area (Å²) in [5, 5.41) is 7.41. The van der Waals surface area contributed by atoms with E-state index in [1.54, 1.807) is 11.0 Å². The van der Waals surface area contributed by atoms with E-state index < -0.39 is 0 Å². The molecule has 2 aromatic heterocycles. The fraction of sp³-hybridized carbons (Fsp3) is 0.143. The van der Waals surface area contributed by atoms with Crippen molar-refractivity contribution >= 4 is 37.5 Å². The quantitative estimate of drug-likeness (QED) is 0.687. The summed E-state index contributed by atoms with van der Waals surface area (Å²) in [7, 11) is 0. The van der Waals surface area contributed by atoms with E-state index in [1.165, 1.54) is 11.9 Å². The number of aromatic nitrogens is 3. The van der Waals surface area contributed by atoms with Gasteiger partial charge in [-0.15, -0.1) is 0 Å². The normalized spacial score (nSPS) is 10.8. The van der Waals surface area contributed by atoms with Crippen molar-refractivity contribution in [1.29, 1.82) is 0 Å². The van der Waals surface area contributed by atoms with Crippen LogP contribution in [0.2, 0.25) is 0 Å². The highest BCUT2D eigenvalue weighted by atomic mass is 79.9. The van der Waals surface area contributed by atoms with Crippen molar-refractivity contribution in [2.75, 3.05) is 5.32 Å². The predicted octanol–water partition coefficient (Wildman–Crippen LogP) is 4.06. The van der Waals surface area contributed by atoms with E-state index in [1.807, 2.05) is 18.2 Å². The first-order valence-corrected chi connectivity index (χ1v) is 7.88. The van der Waals surface area contributed by atoms with Crippen LogP contribution in [0.3, 0.4) is 0 Å². The van der Waals surface area contributed by atoms with Crippen LogP contribution in [-0.2, 0) is 13.1 Å². The van der Waals surface area contributed by atoms with Gasteiger partial charge >= 0.3 is 0 Å². The van der Waals surface area contributed by atoms with Crippen molar-refractivity contribution in [3.63, 3.8) is 0 Å². The van der Waals surface area contributed by atoms with E-state index in [2.05, 4.69) is 59.4 Å². The van der Waals surface area contributed by atoms with E-state index in [9.17, 15) is 0 Å². The fourth-order valence-corrected chi connectivity index (χ4v) is 2.56. The molecular weight excluding hydrogens is 400 g/mol. The first-order chi connectivity index (χ1) is 10.2. The summed E-state index contributed by atoms with van der Waals surface area (Å²) in [4.78, 5) is 3.93. The molecule has 108 valence electrons. The molecule has 0 radical (unpaired) electrons. The molecule has 0 unspecified atom stereocenters. The third-order valence-electron chi connectivity index (χ3n) is 2.93. The second-order valence-electron chi connectivity index (χ2n) is 4.48. The highest BCUT2D eigenvalue weighted by Crippen LogP contribution is 2.27. The maximum atomic E-state index is 5.52. The van der Waals surface area contributed by atoms with E-state index in [0.29, 0.717) is 11.2 Å². The summed E-state index contributed by atoms with van der Waals surface area (Å²) in [6, 6.07) is 10.2. The van der Waals surface area contributed by atoms with E-state index >= 15 is 0 Å². The SMILES string of the molecule is Brc1cc(CNc2ccc(Cn3cncn3)cc2)oc1Br. The van der Waals surface area contributed by atoms with Gasteiger partial charge in [0.15, 0.2) is 4.67 Å². The van der Waals surface area contributed by atoms with Crippen molar-refractivity contribution in [2.45, 2.75) is 13.1 Å². The van der Waals surface area contributed by atoms with Gasteiger partial charge in [0.25, 0.3) is 0 Å². The first kappa shape index (κ1) is 14.3. The number of anilines is 1. The minimum Gasteiger partial charge on any atom is -0.451 e. The molecule has 0 aliphatic rings. The summed E-state index contributed by atoms with van der Waals surface area (Å²) in [6.45, 7) is 1.35. The molecule has 0 saturated carbocycles. The smallest absolute Gasteiger partial charge is 0.183 e. The summed E-state index contributed by atoms with van der Waals surface area (Å²) in [5.41, 5.74) is 2.22. The van der Waals surface area contributed by atoms with Crippen molar-refractivity contribution in [3.8, 4) is 0 Å². The number of nitrogens with one attached hydrogen (secondary N) is 1. The maximum Gasteiger partial charge on any atom is 0.183 e. The van der Waals surface area contributed by atoms with Gasteiger partial charge in [0.05, 0.1) is 17.6 Å². The van der Waals surface area contributed by atoms with Gasteiger partial charge in [-0.3, -0.25) is 0 Å². The summed E-state index contributed by atoms with van der Waals surface area (Å²) < 4.78 is 8.94. The van der Waals surface area contributed by atoms with Gasteiger partial charge in [-0.05, 0) is 55.6 Å². The molecule has 21 heavy (non-hydrogen) atoms. The van der Waals surface area contributed by atoms with Crippen LogP contribution in [0.1, 0.15) is 11.3 Å². The van der Waals surface area contributed by atoms with Crippen molar-refractivity contribution in [1.82, 2.24) is 14.8 Å². The molecule has 0 atom stereocenters. The lowest BCUT2D eigenvalue weighted by atomic mass is 10.2. The van der Waals surface area contributed by atoms with Crippen LogP contribution in [-0.4, -0.2) is 14.8 Å². The second kappa shape index (κ2) is 6.44. The fourth-order valence-electron chi connectivity index (χ4n) is 1.90. The minimum absolute atomic E-state index is 0.632. The van der Waals surface area contributed by atoms with Gasteiger partial charge in [0.1, 0.15) is 18.4 Å². The van der Waals surface area contributed by atoms with Gasteiger partial charge < -0.3 is 9.73 Å². The highest BCUT2D eigenvalue weighted by molar-refractivity contribution is 9.13. The molecule has 1 N–H and O–H groups in total. The molecule has 0 aliphatic heterocycles. The lowest BCUT2D eigenvalue weighted by Gasteiger charge is -2.06. The average Bonchev–Trinajstić information content (AvgIpc) is 3.09. The number of hydrogen-bond acceptors (Lipinski definition) is 4. The zero-order chi connectivity index (χ0) is 14.7. The molecule has 0 amide bonds. The van der Waals surface area contributed by atoms with Crippen molar-refractivity contribution < 1.29 is 4.42 Å². The number of hydrogen-bond donors (Lipinski definition) is 1. The molecule has 1 aromatic carbocycles. The molecule has 0 bridgehead atoms. The molecule has 3 aromatic rings. The summed E-state index contributed by atoms with van der Waals surface area (Å²) >= 11 is 6.72. The number of nitrogens with zero attached hydrogens (tertiary/aromatic N) is 3. The van der Waals surface area contributed by atoms with Gasteiger partial charge in [-0.25, -0.2) is 9.67 Å². The molecule has 0 saturated heterocycles. The zero-order valence-corrected chi connectivity index (χ0v) is 14.1. The van der Waals surface area contributed by atoms with Crippen LogP contribution in [0.4, 0.5) is 5.69 Å². The molecule has 0 fully saturated rings. The number of furan rings is 1. The Bertz CT molecular complexity index is 688. The lowest BCUT2D eigenvalue weighted by molar-refractivity contribution is 0.494. The third kappa shape index (κ3) is 3.74. The highest BCUT2D eigenvalue weighted by Gasteiger charge is 2.05. The van der Waals surface area contributed by atoms with Crippen LogP contribution in [0.5, 0.6) is 0 Å². The Morgan fingerprint density at radius 3 is 2.62 bits per heavy atom. The van der Waals surface area contributed by atoms with Crippen LogP contribution in [0.15, 0.2) is 56.5 Å². The molecule has 0 aliphatic carbocycles. The second-order valence-corrected chi connectivity index (χ2v) is 6.05. The standard InChI is InChI=1S/C14H12Br2N4O/c15-13-5-12(21-14(13)16)6-18-11-3-1-10(2-4-11)7-20-9-17-8-19-20/h1-5,8-9,18H,6-7H2. The topological polar surface area (TPSA) is 55.9 Å². The Hall–Kier alpha value is -1.60. The predicted molar refractivity (Wildman–Crippen MR) is 87.0 cm³/mol. The number of benzene rings is 1. The third-order valence-corrected chi connectivity index (χ3v) is 4.64. The lowest BCUT2D eigenvalue weighted by Crippen LogP contribution is -2.01. The molecule has 2 heterocycles.